The van der Waals surface area contributed by atoms with Crippen LogP contribution in [0.1, 0.15) is 44.2 Å². The summed E-state index contributed by atoms with van der Waals surface area (Å²) in [6.45, 7) is 3.52. The Morgan fingerprint density at radius 1 is 1.38 bits per heavy atom. The van der Waals surface area contributed by atoms with Gasteiger partial charge in [0, 0.05) is 32.2 Å². The van der Waals surface area contributed by atoms with E-state index in [1.54, 1.807) is 19.2 Å². The van der Waals surface area contributed by atoms with Crippen molar-refractivity contribution in [2.45, 2.75) is 38.6 Å². The molecule has 1 aliphatic heterocycles. The number of rotatable bonds is 6. The SMILES string of the molecule is COCCCCC(=O)N1CC(C)CC1c1ccccc1F. The molecule has 1 heterocycles. The van der Waals surface area contributed by atoms with E-state index in [0.717, 1.165) is 25.8 Å². The van der Waals surface area contributed by atoms with E-state index in [2.05, 4.69) is 6.92 Å². The van der Waals surface area contributed by atoms with E-state index in [9.17, 15) is 9.18 Å². The second-order valence-corrected chi connectivity index (χ2v) is 5.87. The molecule has 0 aliphatic carbocycles. The van der Waals surface area contributed by atoms with Crippen molar-refractivity contribution >= 4 is 5.91 Å². The van der Waals surface area contributed by atoms with Crippen molar-refractivity contribution in [1.29, 1.82) is 0 Å². The van der Waals surface area contributed by atoms with Gasteiger partial charge >= 0.3 is 0 Å². The monoisotopic (exact) mass is 293 g/mol. The van der Waals surface area contributed by atoms with Gasteiger partial charge in [-0.25, -0.2) is 4.39 Å². The molecule has 2 rings (SSSR count). The summed E-state index contributed by atoms with van der Waals surface area (Å²) in [5, 5.41) is 0. The first kappa shape index (κ1) is 16.0. The number of hydrogen-bond donors (Lipinski definition) is 0. The van der Waals surface area contributed by atoms with Gasteiger partial charge in [-0.05, 0) is 31.2 Å². The molecule has 1 aliphatic rings. The Hall–Kier alpha value is -1.42. The van der Waals surface area contributed by atoms with Crippen LogP contribution in [0, 0.1) is 11.7 Å². The summed E-state index contributed by atoms with van der Waals surface area (Å²) in [6, 6.07) is 6.68. The maximum atomic E-state index is 14.0. The van der Waals surface area contributed by atoms with Gasteiger partial charge in [0.2, 0.25) is 5.91 Å². The number of amides is 1. The van der Waals surface area contributed by atoms with Crippen LogP contribution < -0.4 is 0 Å². The van der Waals surface area contributed by atoms with Crippen molar-refractivity contribution in [3.63, 3.8) is 0 Å². The van der Waals surface area contributed by atoms with E-state index in [1.807, 2.05) is 11.0 Å². The Bertz CT molecular complexity index is 478. The lowest BCUT2D eigenvalue weighted by molar-refractivity contribution is -0.132. The smallest absolute Gasteiger partial charge is 0.223 e. The van der Waals surface area contributed by atoms with Crippen LogP contribution in [0.2, 0.25) is 0 Å². The van der Waals surface area contributed by atoms with Gasteiger partial charge in [0.1, 0.15) is 5.82 Å². The first-order valence-corrected chi connectivity index (χ1v) is 7.66. The minimum atomic E-state index is -0.214. The number of methoxy groups -OCH3 is 1. The lowest BCUT2D eigenvalue weighted by Gasteiger charge is -2.25. The standard InChI is InChI=1S/C17H24FNO2/c1-13-11-16(14-7-3-4-8-15(14)18)19(12-13)17(20)9-5-6-10-21-2/h3-4,7-8,13,16H,5-6,9-12H2,1-2H3. The lowest BCUT2D eigenvalue weighted by atomic mass is 10.0. The van der Waals surface area contributed by atoms with E-state index >= 15 is 0 Å². The highest BCUT2D eigenvalue weighted by Crippen LogP contribution is 2.36. The molecular weight excluding hydrogens is 269 g/mol. The molecule has 116 valence electrons. The molecule has 0 bridgehead atoms. The van der Waals surface area contributed by atoms with Gasteiger partial charge in [-0.3, -0.25) is 4.79 Å². The summed E-state index contributed by atoms with van der Waals surface area (Å²) >= 11 is 0. The summed E-state index contributed by atoms with van der Waals surface area (Å²) in [6.07, 6.45) is 3.06. The molecule has 0 saturated carbocycles. The summed E-state index contributed by atoms with van der Waals surface area (Å²) in [5.74, 6) is 0.329. The minimum Gasteiger partial charge on any atom is -0.385 e. The van der Waals surface area contributed by atoms with Gasteiger partial charge in [-0.2, -0.15) is 0 Å². The maximum absolute atomic E-state index is 14.0. The fourth-order valence-electron chi connectivity index (χ4n) is 3.03. The Kier molecular flexibility index (Phi) is 5.74. The number of ether oxygens (including phenoxy) is 1. The molecule has 1 amide bonds. The van der Waals surface area contributed by atoms with Gasteiger partial charge in [-0.15, -0.1) is 0 Å². The van der Waals surface area contributed by atoms with Gasteiger partial charge in [-0.1, -0.05) is 25.1 Å². The van der Waals surface area contributed by atoms with Crippen LogP contribution in [0.4, 0.5) is 4.39 Å². The summed E-state index contributed by atoms with van der Waals surface area (Å²) in [7, 11) is 1.66. The molecule has 0 aromatic heterocycles. The summed E-state index contributed by atoms with van der Waals surface area (Å²) in [5.41, 5.74) is 0.645. The average Bonchev–Trinajstić information content (AvgIpc) is 2.86. The van der Waals surface area contributed by atoms with Crippen LogP contribution >= 0.6 is 0 Å². The van der Waals surface area contributed by atoms with Crippen LogP contribution in [0.5, 0.6) is 0 Å². The molecule has 0 radical (unpaired) electrons. The fourth-order valence-corrected chi connectivity index (χ4v) is 3.03. The third kappa shape index (κ3) is 4.03. The maximum Gasteiger partial charge on any atom is 0.223 e. The van der Waals surface area contributed by atoms with Crippen molar-refractivity contribution in [3.05, 3.63) is 35.6 Å². The van der Waals surface area contributed by atoms with Gasteiger partial charge in [0.25, 0.3) is 0 Å². The van der Waals surface area contributed by atoms with Crippen molar-refractivity contribution in [2.24, 2.45) is 5.92 Å². The van der Waals surface area contributed by atoms with E-state index < -0.39 is 0 Å². The third-order valence-corrected chi connectivity index (χ3v) is 4.08. The highest BCUT2D eigenvalue weighted by atomic mass is 19.1. The predicted molar refractivity (Wildman–Crippen MR) is 80.4 cm³/mol. The molecule has 0 spiro atoms. The Labute approximate surface area is 126 Å². The van der Waals surface area contributed by atoms with E-state index in [0.29, 0.717) is 24.5 Å². The molecular formula is C17H24FNO2. The van der Waals surface area contributed by atoms with E-state index in [1.165, 1.54) is 6.07 Å². The molecule has 21 heavy (non-hydrogen) atoms. The van der Waals surface area contributed by atoms with Crippen LogP contribution in [-0.2, 0) is 9.53 Å². The highest BCUT2D eigenvalue weighted by molar-refractivity contribution is 5.77. The Morgan fingerprint density at radius 2 is 2.14 bits per heavy atom. The molecule has 2 unspecified atom stereocenters. The first-order valence-electron chi connectivity index (χ1n) is 7.66. The lowest BCUT2D eigenvalue weighted by Crippen LogP contribution is -2.31. The van der Waals surface area contributed by atoms with Crippen molar-refractivity contribution in [2.75, 3.05) is 20.3 Å². The second-order valence-electron chi connectivity index (χ2n) is 5.87. The number of hydrogen-bond acceptors (Lipinski definition) is 2. The normalized spacial score (nSPS) is 21.8. The topological polar surface area (TPSA) is 29.5 Å². The Balaban J connectivity index is 2.03. The third-order valence-electron chi connectivity index (χ3n) is 4.08. The number of nitrogens with zero attached hydrogens (tertiary/aromatic N) is 1. The number of unbranched alkanes of at least 4 members (excludes halogenated alkanes) is 1. The number of carbonyl (C=O) groups excluding carboxylic acids is 1. The van der Waals surface area contributed by atoms with E-state index in [4.69, 9.17) is 4.74 Å². The van der Waals surface area contributed by atoms with Crippen LogP contribution in [0.15, 0.2) is 24.3 Å². The first-order chi connectivity index (χ1) is 10.1. The molecule has 1 aromatic carbocycles. The van der Waals surface area contributed by atoms with Crippen molar-refractivity contribution in [3.8, 4) is 0 Å². The zero-order chi connectivity index (χ0) is 15.2. The zero-order valence-electron chi connectivity index (χ0n) is 12.8. The van der Waals surface area contributed by atoms with Crippen molar-refractivity contribution < 1.29 is 13.9 Å². The quantitative estimate of drug-likeness (QED) is 0.751. The van der Waals surface area contributed by atoms with Crippen LogP contribution in [-0.4, -0.2) is 31.1 Å². The largest absolute Gasteiger partial charge is 0.385 e. The summed E-state index contributed by atoms with van der Waals surface area (Å²) in [4.78, 5) is 14.3. The number of halogens is 1. The Morgan fingerprint density at radius 3 is 2.86 bits per heavy atom. The summed E-state index contributed by atoms with van der Waals surface area (Å²) < 4.78 is 19.0. The number of carbonyl (C=O) groups is 1. The van der Waals surface area contributed by atoms with Gasteiger partial charge in [0.15, 0.2) is 0 Å². The average molecular weight is 293 g/mol. The molecule has 1 saturated heterocycles. The van der Waals surface area contributed by atoms with Crippen molar-refractivity contribution in [1.82, 2.24) is 4.90 Å². The molecule has 2 atom stereocenters. The molecule has 3 nitrogen and oxygen atoms in total. The van der Waals surface area contributed by atoms with Crippen LogP contribution in [0.25, 0.3) is 0 Å². The number of benzene rings is 1. The fraction of sp³-hybridized carbons (Fsp3) is 0.588. The molecule has 1 aromatic rings. The zero-order valence-corrected chi connectivity index (χ0v) is 12.8. The highest BCUT2D eigenvalue weighted by Gasteiger charge is 2.34. The van der Waals surface area contributed by atoms with Gasteiger partial charge < -0.3 is 9.64 Å². The molecule has 0 N–H and O–H groups in total. The molecule has 4 heteroatoms. The predicted octanol–water partition coefficient (Wildman–Crippen LogP) is 3.55. The molecule has 1 fully saturated rings. The minimum absolute atomic E-state index is 0.115. The van der Waals surface area contributed by atoms with E-state index in [-0.39, 0.29) is 17.8 Å². The van der Waals surface area contributed by atoms with Crippen LogP contribution in [0.3, 0.4) is 0 Å². The van der Waals surface area contributed by atoms with Gasteiger partial charge in [0.05, 0.1) is 6.04 Å². The number of likely N-dealkylation sites (tertiary alicyclic amines) is 1. The second kappa shape index (κ2) is 7.55.